The molecule has 1 unspecified atom stereocenters. The van der Waals surface area contributed by atoms with Gasteiger partial charge in [-0.15, -0.1) is 0 Å². The van der Waals surface area contributed by atoms with E-state index in [9.17, 15) is 53.8 Å². The highest BCUT2D eigenvalue weighted by Gasteiger charge is 3.03. The standard InChI is InChI=1S/C16H11F11O3/c1-10(29,8-5-3-7(4-6-8)9(28)30-2)11(17)12(18,19)14(22,23)16(26,27)15(24,25)13(11,20)21/h3-6,29H,1-2H3. The van der Waals surface area contributed by atoms with Crippen molar-refractivity contribution in [2.24, 2.45) is 0 Å². The van der Waals surface area contributed by atoms with E-state index in [1.54, 1.807) is 0 Å². The van der Waals surface area contributed by atoms with E-state index < -0.39 is 58.0 Å². The molecule has 0 amide bonds. The molecule has 14 heteroatoms. The smallest absolute Gasteiger partial charge is 0.384 e. The lowest BCUT2D eigenvalue weighted by atomic mass is 9.63. The molecule has 170 valence electrons. The average Bonchev–Trinajstić information content (AvgIpc) is 2.64. The zero-order valence-corrected chi connectivity index (χ0v) is 14.7. The van der Waals surface area contributed by atoms with Crippen LogP contribution in [0, 0.1) is 0 Å². The Hall–Kier alpha value is -2.12. The van der Waals surface area contributed by atoms with Gasteiger partial charge in [-0.2, -0.15) is 43.9 Å². The van der Waals surface area contributed by atoms with E-state index in [-0.39, 0.29) is 6.92 Å². The summed E-state index contributed by atoms with van der Waals surface area (Å²) in [5, 5.41) is 10.1. The normalized spacial score (nSPS) is 27.0. The average molecular weight is 460 g/mol. The van der Waals surface area contributed by atoms with Crippen LogP contribution in [0.5, 0.6) is 0 Å². The van der Waals surface area contributed by atoms with Gasteiger partial charge in [0.25, 0.3) is 5.67 Å². The minimum atomic E-state index is -7.38. The first-order valence-corrected chi connectivity index (χ1v) is 7.69. The van der Waals surface area contributed by atoms with Crippen LogP contribution in [0.25, 0.3) is 0 Å². The first-order chi connectivity index (χ1) is 13.2. The Kier molecular flexibility index (Phi) is 4.99. The van der Waals surface area contributed by atoms with Crippen molar-refractivity contribution < 1.29 is 62.9 Å². The highest BCUT2D eigenvalue weighted by atomic mass is 19.4. The van der Waals surface area contributed by atoms with Gasteiger partial charge in [0.1, 0.15) is 5.60 Å². The van der Waals surface area contributed by atoms with Gasteiger partial charge in [-0.1, -0.05) is 12.1 Å². The van der Waals surface area contributed by atoms with Crippen LogP contribution in [0.1, 0.15) is 22.8 Å². The van der Waals surface area contributed by atoms with Crippen molar-refractivity contribution in [2.75, 3.05) is 7.11 Å². The largest absolute Gasteiger partial charge is 0.465 e. The minimum absolute atomic E-state index is 0.294. The first-order valence-electron chi connectivity index (χ1n) is 7.69. The van der Waals surface area contributed by atoms with E-state index in [0.717, 1.165) is 7.11 Å². The molecule has 1 aromatic carbocycles. The summed E-state index contributed by atoms with van der Waals surface area (Å²) in [5.74, 6) is -37.5. The zero-order valence-electron chi connectivity index (χ0n) is 14.7. The molecule has 0 saturated heterocycles. The molecular weight excluding hydrogens is 449 g/mol. The number of halogens is 11. The molecule has 0 radical (unpaired) electrons. The number of alkyl halides is 11. The van der Waals surface area contributed by atoms with Crippen LogP contribution >= 0.6 is 0 Å². The summed E-state index contributed by atoms with van der Waals surface area (Å²) in [4.78, 5) is 11.3. The Balaban J connectivity index is 2.82. The predicted molar refractivity (Wildman–Crippen MR) is 75.9 cm³/mol. The number of ether oxygens (including phenoxy) is 1. The van der Waals surface area contributed by atoms with Crippen molar-refractivity contribution in [3.8, 4) is 0 Å². The summed E-state index contributed by atoms with van der Waals surface area (Å²) in [6.07, 6.45) is 0. The zero-order chi connectivity index (χ0) is 23.8. The van der Waals surface area contributed by atoms with Gasteiger partial charge in [0.05, 0.1) is 12.7 Å². The topological polar surface area (TPSA) is 46.5 Å². The Morgan fingerprint density at radius 2 is 1.10 bits per heavy atom. The minimum Gasteiger partial charge on any atom is -0.465 e. The third-order valence-electron chi connectivity index (χ3n) is 4.98. The number of benzene rings is 1. The fourth-order valence-electron chi connectivity index (χ4n) is 3.08. The first kappa shape index (κ1) is 24.2. The lowest BCUT2D eigenvalue weighted by Crippen LogP contribution is -2.87. The maximum Gasteiger partial charge on any atom is 0.384 e. The summed E-state index contributed by atoms with van der Waals surface area (Å²) in [7, 11) is 0.885. The maximum absolute atomic E-state index is 15.1. The molecule has 0 bridgehead atoms. The van der Waals surface area contributed by atoms with Crippen LogP contribution in [-0.4, -0.2) is 53.5 Å². The SMILES string of the molecule is COC(=O)c1ccc(C(C)(O)C2(F)C(F)(F)C(F)(F)C(F)(F)C(F)(F)C2(F)F)cc1. The molecule has 1 aliphatic carbocycles. The molecule has 1 aliphatic rings. The molecule has 1 N–H and O–H groups in total. The van der Waals surface area contributed by atoms with Crippen LogP contribution in [0.2, 0.25) is 0 Å². The van der Waals surface area contributed by atoms with E-state index in [2.05, 4.69) is 4.74 Å². The van der Waals surface area contributed by atoms with E-state index in [1.807, 2.05) is 0 Å². The summed E-state index contributed by atoms with van der Waals surface area (Å²) in [6, 6.07) is 1.73. The number of methoxy groups -OCH3 is 1. The monoisotopic (exact) mass is 460 g/mol. The quantitative estimate of drug-likeness (QED) is 0.531. The molecule has 0 spiro atoms. The Morgan fingerprint density at radius 3 is 1.43 bits per heavy atom. The Labute approximate surface area is 160 Å². The van der Waals surface area contributed by atoms with Crippen LogP contribution in [0.15, 0.2) is 24.3 Å². The highest BCUT2D eigenvalue weighted by molar-refractivity contribution is 5.89. The van der Waals surface area contributed by atoms with Crippen molar-refractivity contribution in [1.82, 2.24) is 0 Å². The van der Waals surface area contributed by atoms with Crippen molar-refractivity contribution in [1.29, 1.82) is 0 Å². The van der Waals surface area contributed by atoms with E-state index in [1.165, 1.54) is 0 Å². The van der Waals surface area contributed by atoms with Gasteiger partial charge < -0.3 is 9.84 Å². The van der Waals surface area contributed by atoms with Crippen LogP contribution < -0.4 is 0 Å². The van der Waals surface area contributed by atoms with E-state index in [4.69, 9.17) is 0 Å². The molecule has 1 saturated carbocycles. The van der Waals surface area contributed by atoms with Crippen molar-refractivity contribution >= 4 is 5.97 Å². The number of rotatable bonds is 3. The second-order valence-electron chi connectivity index (χ2n) is 6.67. The molecular formula is C16H11F11O3. The number of aliphatic hydroxyl groups is 1. The molecule has 30 heavy (non-hydrogen) atoms. The number of esters is 1. The summed E-state index contributed by atoms with van der Waals surface area (Å²) in [5.41, 5.74) is -13.1. The molecule has 1 aromatic rings. The molecule has 0 heterocycles. The van der Waals surface area contributed by atoms with Gasteiger partial charge in [-0.05, 0) is 24.6 Å². The lowest BCUT2D eigenvalue weighted by Gasteiger charge is -2.56. The maximum atomic E-state index is 15.1. The molecule has 2 rings (SSSR count). The Bertz CT molecular complexity index is 816. The fraction of sp³-hybridized carbons (Fsp3) is 0.562. The second kappa shape index (κ2) is 6.20. The van der Waals surface area contributed by atoms with Crippen LogP contribution in [-0.2, 0) is 10.3 Å². The van der Waals surface area contributed by atoms with Crippen LogP contribution in [0.3, 0.4) is 0 Å². The molecule has 3 nitrogen and oxygen atoms in total. The molecule has 0 aromatic heterocycles. The number of hydrogen-bond donors (Lipinski definition) is 1. The lowest BCUT2D eigenvalue weighted by molar-refractivity contribution is -0.502. The fourth-order valence-corrected chi connectivity index (χ4v) is 3.08. The van der Waals surface area contributed by atoms with Gasteiger partial charge in [0.2, 0.25) is 0 Å². The summed E-state index contributed by atoms with van der Waals surface area (Å²) in [6.45, 7) is -0.294. The molecule has 1 fully saturated rings. The third-order valence-corrected chi connectivity index (χ3v) is 4.98. The Morgan fingerprint density at radius 1 is 0.767 bits per heavy atom. The molecule has 1 atom stereocenters. The van der Waals surface area contributed by atoms with Gasteiger partial charge in [0.15, 0.2) is 0 Å². The third kappa shape index (κ3) is 2.33. The van der Waals surface area contributed by atoms with Crippen molar-refractivity contribution in [3.63, 3.8) is 0 Å². The van der Waals surface area contributed by atoms with Crippen LogP contribution in [0.4, 0.5) is 48.3 Å². The van der Waals surface area contributed by atoms with E-state index in [0.29, 0.717) is 24.3 Å². The number of hydrogen-bond acceptors (Lipinski definition) is 3. The van der Waals surface area contributed by atoms with E-state index >= 15 is 4.39 Å². The van der Waals surface area contributed by atoms with Gasteiger partial charge in [-0.3, -0.25) is 0 Å². The van der Waals surface area contributed by atoms with Gasteiger partial charge in [0, 0.05) is 0 Å². The molecule has 0 aliphatic heterocycles. The second-order valence-corrected chi connectivity index (χ2v) is 6.67. The highest BCUT2D eigenvalue weighted by Crippen LogP contribution is 2.72. The van der Waals surface area contributed by atoms with Gasteiger partial charge in [-0.25, -0.2) is 9.18 Å². The van der Waals surface area contributed by atoms with Gasteiger partial charge >= 0.3 is 35.6 Å². The predicted octanol–water partition coefficient (Wildman–Crippen LogP) is 4.58. The summed E-state index contributed by atoms with van der Waals surface area (Å²) >= 11 is 0. The number of carbonyl (C=O) groups excluding carboxylic acids is 1. The summed E-state index contributed by atoms with van der Waals surface area (Å²) < 4.78 is 157. The number of carbonyl (C=O) groups is 1. The van der Waals surface area contributed by atoms with Crippen molar-refractivity contribution in [3.05, 3.63) is 35.4 Å². The van der Waals surface area contributed by atoms with Crippen molar-refractivity contribution in [2.45, 2.75) is 47.8 Å².